The first-order valence-corrected chi connectivity index (χ1v) is 8.12. The highest BCUT2D eigenvalue weighted by Gasteiger charge is 2.14. The largest absolute Gasteiger partial charge is 0.495 e. The molecule has 1 amide bonds. The van der Waals surface area contributed by atoms with Crippen LogP contribution in [-0.4, -0.2) is 34.2 Å². The van der Waals surface area contributed by atoms with Gasteiger partial charge in [0.25, 0.3) is 5.56 Å². The molecule has 8 heteroatoms. The molecule has 3 rings (SSSR count). The Morgan fingerprint density at radius 2 is 2.20 bits per heavy atom. The number of hydrogen-bond acceptors (Lipinski definition) is 4. The molecule has 0 unspecified atom stereocenters. The quantitative estimate of drug-likeness (QED) is 0.728. The van der Waals surface area contributed by atoms with E-state index in [1.54, 1.807) is 24.4 Å². The molecule has 0 bridgehead atoms. The minimum Gasteiger partial charge on any atom is -0.495 e. The molecule has 0 spiro atoms. The predicted octanol–water partition coefficient (Wildman–Crippen LogP) is 2.03. The van der Waals surface area contributed by atoms with Crippen LogP contribution in [-0.2, 0) is 11.2 Å². The lowest BCUT2D eigenvalue weighted by Gasteiger charge is -2.07. The molecule has 0 aliphatic heterocycles. The highest BCUT2D eigenvalue weighted by molar-refractivity contribution is 6.32. The van der Waals surface area contributed by atoms with Crippen LogP contribution in [0, 0.1) is 0 Å². The number of hydrogen-bond donors (Lipinski definition) is 2. The van der Waals surface area contributed by atoms with Crippen LogP contribution in [0.4, 0.5) is 0 Å². The maximum Gasteiger partial charge on any atom is 0.273 e. The molecular weight excluding hydrogens is 344 g/mol. The summed E-state index contributed by atoms with van der Waals surface area (Å²) in [5.41, 5.74) is 1.98. The Balaban J connectivity index is 2.08. The summed E-state index contributed by atoms with van der Waals surface area (Å²) in [5.74, 6) is 0.370. The fourth-order valence-electron chi connectivity index (χ4n) is 2.56. The number of benzene rings is 1. The second-order valence-electron chi connectivity index (χ2n) is 5.42. The summed E-state index contributed by atoms with van der Waals surface area (Å²) in [6, 6.07) is 6.59. The molecule has 0 atom stereocenters. The SMILES string of the molecule is CCNC(=O)Cc1c[nH]n2c(=O)cc(-c3ccc(Cl)c(OC)c3)nc12. The first kappa shape index (κ1) is 17.0. The molecule has 3 aromatic rings. The van der Waals surface area contributed by atoms with Crippen LogP contribution in [0.15, 0.2) is 35.3 Å². The van der Waals surface area contributed by atoms with Gasteiger partial charge in [0.15, 0.2) is 5.65 Å². The third-order valence-electron chi connectivity index (χ3n) is 3.75. The monoisotopic (exact) mass is 360 g/mol. The smallest absolute Gasteiger partial charge is 0.273 e. The van der Waals surface area contributed by atoms with Crippen molar-refractivity contribution < 1.29 is 9.53 Å². The molecule has 2 N–H and O–H groups in total. The average Bonchev–Trinajstić information content (AvgIpc) is 2.99. The van der Waals surface area contributed by atoms with Crippen molar-refractivity contribution in [3.8, 4) is 17.0 Å². The number of methoxy groups -OCH3 is 1. The summed E-state index contributed by atoms with van der Waals surface area (Å²) < 4.78 is 6.52. The van der Waals surface area contributed by atoms with E-state index in [-0.39, 0.29) is 17.9 Å². The summed E-state index contributed by atoms with van der Waals surface area (Å²) in [6.45, 7) is 2.40. The fourth-order valence-corrected chi connectivity index (χ4v) is 2.75. The van der Waals surface area contributed by atoms with Gasteiger partial charge in [-0.1, -0.05) is 17.7 Å². The maximum absolute atomic E-state index is 12.4. The molecule has 130 valence electrons. The Hall–Kier alpha value is -2.80. The molecule has 0 saturated heterocycles. The Kier molecular flexibility index (Phi) is 4.76. The zero-order valence-electron chi connectivity index (χ0n) is 13.8. The highest BCUT2D eigenvalue weighted by Crippen LogP contribution is 2.29. The molecule has 0 fully saturated rings. The van der Waals surface area contributed by atoms with E-state index in [4.69, 9.17) is 16.3 Å². The third kappa shape index (κ3) is 3.36. The van der Waals surface area contributed by atoms with E-state index in [1.165, 1.54) is 17.7 Å². The van der Waals surface area contributed by atoms with E-state index < -0.39 is 0 Å². The van der Waals surface area contributed by atoms with Gasteiger partial charge in [-0.05, 0) is 19.1 Å². The van der Waals surface area contributed by atoms with Gasteiger partial charge in [-0.15, -0.1) is 0 Å². The zero-order chi connectivity index (χ0) is 18.0. The number of amides is 1. The van der Waals surface area contributed by atoms with E-state index in [0.29, 0.717) is 39.8 Å². The molecule has 2 aromatic heterocycles. The molecule has 7 nitrogen and oxygen atoms in total. The molecule has 25 heavy (non-hydrogen) atoms. The molecule has 0 aliphatic carbocycles. The normalized spacial score (nSPS) is 10.8. The van der Waals surface area contributed by atoms with E-state index in [9.17, 15) is 9.59 Å². The van der Waals surface area contributed by atoms with E-state index in [0.717, 1.165) is 0 Å². The first-order chi connectivity index (χ1) is 12.0. The lowest BCUT2D eigenvalue weighted by atomic mass is 10.1. The number of likely N-dealkylation sites (N-methyl/N-ethyl adjacent to an activating group) is 1. The lowest BCUT2D eigenvalue weighted by Crippen LogP contribution is -2.24. The topological polar surface area (TPSA) is 88.5 Å². The van der Waals surface area contributed by atoms with Crippen LogP contribution in [0.1, 0.15) is 12.5 Å². The van der Waals surface area contributed by atoms with E-state index in [1.807, 2.05) is 6.92 Å². The maximum atomic E-state index is 12.4. The van der Waals surface area contributed by atoms with Gasteiger partial charge < -0.3 is 10.1 Å². The van der Waals surface area contributed by atoms with Crippen molar-refractivity contribution in [3.05, 3.63) is 51.4 Å². The van der Waals surface area contributed by atoms with Gasteiger partial charge in [0.05, 0.1) is 24.2 Å². The molecular formula is C17H17ClN4O3. The first-order valence-electron chi connectivity index (χ1n) is 7.74. The van der Waals surface area contributed by atoms with Crippen LogP contribution in [0.2, 0.25) is 5.02 Å². The van der Waals surface area contributed by atoms with Crippen LogP contribution in [0.3, 0.4) is 0 Å². The van der Waals surface area contributed by atoms with Crippen molar-refractivity contribution >= 4 is 23.2 Å². The van der Waals surface area contributed by atoms with Crippen molar-refractivity contribution in [2.24, 2.45) is 0 Å². The van der Waals surface area contributed by atoms with Gasteiger partial charge >= 0.3 is 0 Å². The number of H-pyrrole nitrogens is 1. The average molecular weight is 361 g/mol. The van der Waals surface area contributed by atoms with Gasteiger partial charge in [0.1, 0.15) is 5.75 Å². The van der Waals surface area contributed by atoms with Crippen LogP contribution in [0.5, 0.6) is 5.75 Å². The van der Waals surface area contributed by atoms with Crippen molar-refractivity contribution in [3.63, 3.8) is 0 Å². The Bertz CT molecular complexity index is 993. The minimum absolute atomic E-state index is 0.128. The number of carbonyl (C=O) groups is 1. The van der Waals surface area contributed by atoms with Gasteiger partial charge in [-0.2, -0.15) is 0 Å². The molecule has 0 radical (unpaired) electrons. The van der Waals surface area contributed by atoms with E-state index in [2.05, 4.69) is 15.4 Å². The minimum atomic E-state index is -0.268. The molecule has 2 heterocycles. The predicted molar refractivity (Wildman–Crippen MR) is 95.2 cm³/mol. The number of aromatic amines is 1. The van der Waals surface area contributed by atoms with Crippen molar-refractivity contribution in [1.82, 2.24) is 19.9 Å². The van der Waals surface area contributed by atoms with Crippen LogP contribution in [0.25, 0.3) is 16.9 Å². The van der Waals surface area contributed by atoms with Crippen molar-refractivity contribution in [2.75, 3.05) is 13.7 Å². The second kappa shape index (κ2) is 6.98. The lowest BCUT2D eigenvalue weighted by molar-refractivity contribution is -0.120. The van der Waals surface area contributed by atoms with E-state index >= 15 is 0 Å². The van der Waals surface area contributed by atoms with Gasteiger partial charge in [-0.3, -0.25) is 14.7 Å². The number of ether oxygens (including phenoxy) is 1. The highest BCUT2D eigenvalue weighted by atomic mass is 35.5. The summed E-state index contributed by atoms with van der Waals surface area (Å²) in [4.78, 5) is 28.7. The molecule has 0 saturated carbocycles. The molecule has 1 aromatic carbocycles. The number of nitrogens with one attached hydrogen (secondary N) is 2. The Labute approximate surface area is 148 Å². The second-order valence-corrected chi connectivity index (χ2v) is 5.82. The third-order valence-corrected chi connectivity index (χ3v) is 4.06. The van der Waals surface area contributed by atoms with Crippen LogP contribution >= 0.6 is 11.6 Å². The standard InChI is InChI=1S/C17H17ClN4O3/c1-3-19-15(23)7-11-9-20-22-16(24)8-13(21-17(11)22)10-4-5-12(18)14(6-10)25-2/h4-6,8-9,20H,3,7H2,1-2H3,(H,19,23). The number of rotatable bonds is 5. The Morgan fingerprint density at radius 3 is 2.92 bits per heavy atom. The van der Waals surface area contributed by atoms with Crippen molar-refractivity contribution in [2.45, 2.75) is 13.3 Å². The fraction of sp³-hybridized carbons (Fsp3) is 0.235. The summed E-state index contributed by atoms with van der Waals surface area (Å²) in [5, 5.41) is 6.04. The van der Waals surface area contributed by atoms with Crippen LogP contribution < -0.4 is 15.6 Å². The number of fused-ring (bicyclic) bond motifs is 1. The summed E-state index contributed by atoms with van der Waals surface area (Å²) in [6.07, 6.45) is 1.76. The van der Waals surface area contributed by atoms with Gasteiger partial charge in [-0.25, -0.2) is 9.50 Å². The van der Waals surface area contributed by atoms with Gasteiger partial charge in [0, 0.05) is 29.9 Å². The number of halogens is 1. The number of carbonyl (C=O) groups excluding carboxylic acids is 1. The number of nitrogens with zero attached hydrogens (tertiary/aromatic N) is 2. The molecule has 0 aliphatic rings. The summed E-state index contributed by atoms with van der Waals surface area (Å²) in [7, 11) is 1.52. The summed E-state index contributed by atoms with van der Waals surface area (Å²) >= 11 is 6.04. The van der Waals surface area contributed by atoms with Crippen molar-refractivity contribution in [1.29, 1.82) is 0 Å². The Morgan fingerprint density at radius 1 is 1.40 bits per heavy atom. The van der Waals surface area contributed by atoms with Gasteiger partial charge in [0.2, 0.25) is 5.91 Å². The zero-order valence-corrected chi connectivity index (χ0v) is 14.6. The number of aromatic nitrogens is 3.